The number of aromatic nitrogens is 1. The standard InChI is InChI=1S/C21H26ClFN4O.HI/c1-24-20(25-11-8-16-2-7-19(22)26-14-16)27-15-21(9-12-28-13-10-21)17-3-5-18(23)6-4-17;/h2-7,14H,8-13,15H2,1H3,(H2,24,25,27);1H. The highest BCUT2D eigenvalue weighted by Crippen LogP contribution is 2.34. The zero-order valence-electron chi connectivity index (χ0n) is 16.5. The smallest absolute Gasteiger partial charge is 0.191 e. The van der Waals surface area contributed by atoms with Crippen LogP contribution in [0.25, 0.3) is 0 Å². The number of nitrogens with one attached hydrogen (secondary N) is 2. The van der Waals surface area contributed by atoms with Gasteiger partial charge in [-0.25, -0.2) is 9.37 Å². The van der Waals surface area contributed by atoms with Gasteiger partial charge in [-0.3, -0.25) is 4.99 Å². The number of benzene rings is 1. The fraction of sp³-hybridized carbons (Fsp3) is 0.429. The van der Waals surface area contributed by atoms with Gasteiger partial charge in [0.15, 0.2) is 5.96 Å². The van der Waals surface area contributed by atoms with Crippen molar-refractivity contribution >= 4 is 41.5 Å². The van der Waals surface area contributed by atoms with Crippen molar-refractivity contribution in [2.24, 2.45) is 4.99 Å². The summed E-state index contributed by atoms with van der Waals surface area (Å²) in [5, 5.41) is 7.28. The molecule has 0 bridgehead atoms. The molecular formula is C21H27ClFIN4O. The van der Waals surface area contributed by atoms with E-state index in [1.54, 1.807) is 19.3 Å². The van der Waals surface area contributed by atoms with E-state index in [2.05, 4.69) is 20.6 Å². The van der Waals surface area contributed by atoms with E-state index in [0.717, 1.165) is 42.9 Å². The van der Waals surface area contributed by atoms with Gasteiger partial charge in [-0.2, -0.15) is 0 Å². The van der Waals surface area contributed by atoms with Crippen molar-refractivity contribution in [1.29, 1.82) is 0 Å². The van der Waals surface area contributed by atoms with Crippen molar-refractivity contribution < 1.29 is 9.13 Å². The van der Waals surface area contributed by atoms with E-state index in [1.807, 2.05) is 18.2 Å². The first kappa shape index (κ1) is 23.8. The SMILES string of the molecule is CN=C(NCCc1ccc(Cl)nc1)NCC1(c2ccc(F)cc2)CCOCC1.I. The molecule has 1 aliphatic heterocycles. The summed E-state index contributed by atoms with van der Waals surface area (Å²) in [6.07, 6.45) is 4.38. The second-order valence-corrected chi connectivity index (χ2v) is 7.38. The molecule has 29 heavy (non-hydrogen) atoms. The second-order valence-electron chi connectivity index (χ2n) is 6.99. The van der Waals surface area contributed by atoms with Crippen molar-refractivity contribution in [3.63, 3.8) is 0 Å². The molecule has 3 rings (SSSR count). The minimum Gasteiger partial charge on any atom is -0.381 e. The lowest BCUT2D eigenvalue weighted by Crippen LogP contribution is -2.48. The van der Waals surface area contributed by atoms with Gasteiger partial charge in [0.05, 0.1) is 0 Å². The summed E-state index contributed by atoms with van der Waals surface area (Å²) in [5.74, 6) is 0.531. The zero-order valence-corrected chi connectivity index (χ0v) is 19.5. The number of rotatable bonds is 6. The topological polar surface area (TPSA) is 58.5 Å². The van der Waals surface area contributed by atoms with Gasteiger partial charge >= 0.3 is 0 Å². The highest BCUT2D eigenvalue weighted by Gasteiger charge is 2.34. The van der Waals surface area contributed by atoms with Gasteiger partial charge in [0.1, 0.15) is 11.0 Å². The van der Waals surface area contributed by atoms with Crippen LogP contribution >= 0.6 is 35.6 Å². The molecule has 0 atom stereocenters. The van der Waals surface area contributed by atoms with Crippen LogP contribution in [0.3, 0.4) is 0 Å². The minimum atomic E-state index is -0.215. The molecule has 1 aromatic carbocycles. The lowest BCUT2D eigenvalue weighted by atomic mass is 9.74. The van der Waals surface area contributed by atoms with Gasteiger partial charge < -0.3 is 15.4 Å². The summed E-state index contributed by atoms with van der Waals surface area (Å²) in [6.45, 7) is 2.85. The third kappa shape index (κ3) is 6.79. The molecule has 0 spiro atoms. The molecule has 2 aromatic rings. The minimum absolute atomic E-state index is 0. The molecule has 1 aromatic heterocycles. The highest BCUT2D eigenvalue weighted by molar-refractivity contribution is 14.0. The fourth-order valence-electron chi connectivity index (χ4n) is 3.49. The maximum Gasteiger partial charge on any atom is 0.191 e. The molecule has 0 amide bonds. The van der Waals surface area contributed by atoms with Crippen LogP contribution in [0.15, 0.2) is 47.6 Å². The molecule has 2 heterocycles. The molecule has 5 nitrogen and oxygen atoms in total. The Labute approximate surface area is 193 Å². The summed E-state index contributed by atoms with van der Waals surface area (Å²) in [5.41, 5.74) is 2.15. The lowest BCUT2D eigenvalue weighted by molar-refractivity contribution is 0.0513. The van der Waals surface area contributed by atoms with Crippen LogP contribution in [0, 0.1) is 5.82 Å². The Morgan fingerprint density at radius 1 is 1.17 bits per heavy atom. The molecule has 2 N–H and O–H groups in total. The Morgan fingerprint density at radius 3 is 2.52 bits per heavy atom. The van der Waals surface area contributed by atoms with Crippen molar-refractivity contribution in [1.82, 2.24) is 15.6 Å². The van der Waals surface area contributed by atoms with Crippen molar-refractivity contribution in [2.75, 3.05) is 33.4 Å². The Bertz CT molecular complexity index is 780. The second kappa shape index (κ2) is 11.7. The molecule has 1 fully saturated rings. The van der Waals surface area contributed by atoms with Crippen molar-refractivity contribution in [3.8, 4) is 0 Å². The average Bonchev–Trinajstić information content (AvgIpc) is 2.73. The number of hydrogen-bond acceptors (Lipinski definition) is 3. The van der Waals surface area contributed by atoms with Gasteiger partial charge in [-0.15, -0.1) is 24.0 Å². The first-order valence-corrected chi connectivity index (χ1v) is 9.88. The van der Waals surface area contributed by atoms with Crippen LogP contribution in [0.2, 0.25) is 5.15 Å². The summed E-state index contributed by atoms with van der Waals surface area (Å²) in [4.78, 5) is 8.42. The van der Waals surface area contributed by atoms with E-state index in [-0.39, 0.29) is 35.2 Å². The Balaban J connectivity index is 0.00000300. The maximum atomic E-state index is 13.4. The van der Waals surface area contributed by atoms with E-state index < -0.39 is 0 Å². The third-order valence-electron chi connectivity index (χ3n) is 5.22. The summed E-state index contributed by atoms with van der Waals surface area (Å²) >= 11 is 5.82. The van der Waals surface area contributed by atoms with Crippen LogP contribution in [0.4, 0.5) is 4.39 Å². The summed E-state index contributed by atoms with van der Waals surface area (Å²) in [7, 11) is 1.76. The highest BCUT2D eigenvalue weighted by atomic mass is 127. The quantitative estimate of drug-likeness (QED) is 0.256. The van der Waals surface area contributed by atoms with E-state index in [4.69, 9.17) is 16.3 Å². The number of pyridine rings is 1. The van der Waals surface area contributed by atoms with Crippen molar-refractivity contribution in [3.05, 3.63) is 64.7 Å². The Morgan fingerprint density at radius 2 is 1.90 bits per heavy atom. The van der Waals surface area contributed by atoms with Gasteiger partial charge in [0, 0.05) is 45.0 Å². The van der Waals surface area contributed by atoms with Crippen LogP contribution < -0.4 is 10.6 Å². The number of halogens is 3. The normalized spacial score (nSPS) is 16.0. The Hall–Kier alpha value is -1.45. The van der Waals surface area contributed by atoms with Gasteiger partial charge in [0.2, 0.25) is 0 Å². The average molecular weight is 533 g/mol. The first-order chi connectivity index (χ1) is 13.6. The fourth-order valence-corrected chi connectivity index (χ4v) is 3.60. The maximum absolute atomic E-state index is 13.4. The molecule has 1 aliphatic rings. The molecule has 0 saturated carbocycles. The number of hydrogen-bond donors (Lipinski definition) is 2. The molecule has 1 saturated heterocycles. The van der Waals surface area contributed by atoms with Crippen LogP contribution in [-0.2, 0) is 16.6 Å². The predicted octanol–water partition coefficient (Wildman–Crippen LogP) is 3.95. The van der Waals surface area contributed by atoms with Gasteiger partial charge in [-0.05, 0) is 48.6 Å². The number of ether oxygens (including phenoxy) is 1. The molecule has 0 unspecified atom stereocenters. The molecule has 8 heteroatoms. The predicted molar refractivity (Wildman–Crippen MR) is 126 cm³/mol. The largest absolute Gasteiger partial charge is 0.381 e. The zero-order chi connectivity index (χ0) is 19.8. The van der Waals surface area contributed by atoms with Crippen LogP contribution in [0.1, 0.15) is 24.0 Å². The van der Waals surface area contributed by atoms with Crippen LogP contribution in [0.5, 0.6) is 0 Å². The van der Waals surface area contributed by atoms with E-state index >= 15 is 0 Å². The molecule has 0 aliphatic carbocycles. The monoisotopic (exact) mass is 532 g/mol. The molecular weight excluding hydrogens is 506 g/mol. The molecule has 158 valence electrons. The van der Waals surface area contributed by atoms with E-state index in [0.29, 0.717) is 24.9 Å². The van der Waals surface area contributed by atoms with Crippen LogP contribution in [-0.4, -0.2) is 44.3 Å². The number of aliphatic imine (C=N–C) groups is 1. The van der Waals surface area contributed by atoms with E-state index in [9.17, 15) is 4.39 Å². The number of guanidine groups is 1. The Kier molecular flexibility index (Phi) is 9.58. The number of nitrogens with zero attached hydrogens (tertiary/aromatic N) is 2. The third-order valence-corrected chi connectivity index (χ3v) is 5.44. The van der Waals surface area contributed by atoms with Gasteiger partial charge in [0.25, 0.3) is 0 Å². The lowest BCUT2D eigenvalue weighted by Gasteiger charge is -2.38. The van der Waals surface area contributed by atoms with E-state index in [1.165, 1.54) is 12.1 Å². The first-order valence-electron chi connectivity index (χ1n) is 9.50. The molecule has 0 radical (unpaired) electrons. The van der Waals surface area contributed by atoms with Gasteiger partial charge in [-0.1, -0.05) is 29.8 Å². The summed E-state index contributed by atoms with van der Waals surface area (Å²) < 4.78 is 18.9. The van der Waals surface area contributed by atoms with Crippen molar-refractivity contribution in [2.45, 2.75) is 24.7 Å². The summed E-state index contributed by atoms with van der Waals surface area (Å²) in [6, 6.07) is 10.6.